The van der Waals surface area contributed by atoms with Crippen LogP contribution in [0.2, 0.25) is 0 Å². The second kappa shape index (κ2) is 6.61. The Morgan fingerprint density at radius 1 is 1.18 bits per heavy atom. The van der Waals surface area contributed by atoms with Gasteiger partial charge in [-0.15, -0.1) is 17.0 Å². The Bertz CT molecular complexity index is 486. The summed E-state index contributed by atoms with van der Waals surface area (Å²) in [5.41, 5.74) is 0.715. The number of Topliss-reactive ketones (excluding diaryl/α,β-unsaturated/α-hetero) is 1. The minimum Gasteiger partial charge on any atom is -0.287 e. The van der Waals surface area contributed by atoms with E-state index in [1.807, 2.05) is 24.3 Å². The molecule has 1 aromatic carbocycles. The van der Waals surface area contributed by atoms with Gasteiger partial charge < -0.3 is 0 Å². The van der Waals surface area contributed by atoms with Gasteiger partial charge in [0.05, 0.1) is 12.4 Å². The third kappa shape index (κ3) is 4.02. The molecule has 3 nitrogen and oxygen atoms in total. The van der Waals surface area contributed by atoms with Gasteiger partial charge in [0.1, 0.15) is 0 Å². The topological polar surface area (TPSA) is 33.8 Å². The molecule has 0 fully saturated rings. The van der Waals surface area contributed by atoms with Crippen molar-refractivity contribution in [3.05, 3.63) is 59.1 Å². The first-order chi connectivity index (χ1) is 7.75. The Morgan fingerprint density at radius 3 is 2.35 bits per heavy atom. The molecule has 0 aliphatic carbocycles. The molecule has 17 heavy (non-hydrogen) atoms. The molecular weight excluding hydrogens is 348 g/mol. The van der Waals surface area contributed by atoms with E-state index in [0.29, 0.717) is 12.1 Å². The van der Waals surface area contributed by atoms with E-state index < -0.39 is 0 Å². The van der Waals surface area contributed by atoms with Crippen LogP contribution in [0.4, 0.5) is 0 Å². The third-order valence-corrected chi connectivity index (χ3v) is 2.71. The molecule has 5 heteroatoms. The average Bonchev–Trinajstić information content (AvgIpc) is 2.31. The first-order valence-electron chi connectivity index (χ1n) is 4.83. The minimum atomic E-state index is 0. The van der Waals surface area contributed by atoms with E-state index >= 15 is 0 Å². The molecule has 88 valence electrons. The Hall–Kier alpha value is -1.07. The number of hydrogen-bond donors (Lipinski definition) is 0. The molecule has 1 aromatic heterocycles. The molecule has 0 aliphatic rings. The van der Waals surface area contributed by atoms with E-state index in [4.69, 9.17) is 0 Å². The van der Waals surface area contributed by atoms with E-state index in [2.05, 4.69) is 20.9 Å². The standard InChI is InChI=1S/C12H10BrN2O.BrH/c13-11-3-1-10(2-4-11)12(16)9-15-7-5-14-6-8-15;/h1-8H,9H2;1H/q+1;. The van der Waals surface area contributed by atoms with Gasteiger partial charge in [0.25, 0.3) is 0 Å². The van der Waals surface area contributed by atoms with Crippen LogP contribution in [0.3, 0.4) is 0 Å². The van der Waals surface area contributed by atoms with Crippen molar-refractivity contribution in [3.8, 4) is 0 Å². The molecule has 0 spiro atoms. The lowest BCUT2D eigenvalue weighted by Crippen LogP contribution is -2.37. The van der Waals surface area contributed by atoms with Crippen molar-refractivity contribution in [1.29, 1.82) is 0 Å². The van der Waals surface area contributed by atoms with Crippen LogP contribution in [0.15, 0.2) is 53.5 Å². The molecule has 0 amide bonds. The molecular formula is C12H11Br2N2O+. The number of nitrogens with zero attached hydrogens (tertiary/aromatic N) is 2. The first-order valence-corrected chi connectivity index (χ1v) is 5.63. The van der Waals surface area contributed by atoms with Crippen LogP contribution >= 0.6 is 32.9 Å². The molecule has 0 unspecified atom stereocenters. The molecule has 0 aliphatic heterocycles. The lowest BCUT2D eigenvalue weighted by Gasteiger charge is -1.98. The van der Waals surface area contributed by atoms with E-state index in [9.17, 15) is 4.79 Å². The summed E-state index contributed by atoms with van der Waals surface area (Å²) in [4.78, 5) is 15.8. The van der Waals surface area contributed by atoms with Gasteiger partial charge in [-0.1, -0.05) is 28.1 Å². The summed E-state index contributed by atoms with van der Waals surface area (Å²) in [7, 11) is 0. The zero-order chi connectivity index (χ0) is 11.4. The predicted molar refractivity (Wildman–Crippen MR) is 73.2 cm³/mol. The number of aromatic nitrogens is 2. The number of benzene rings is 1. The van der Waals surface area contributed by atoms with E-state index in [-0.39, 0.29) is 22.8 Å². The predicted octanol–water partition coefficient (Wildman–Crippen LogP) is 2.59. The molecule has 0 bridgehead atoms. The highest BCUT2D eigenvalue weighted by Gasteiger charge is 2.10. The smallest absolute Gasteiger partial charge is 0.227 e. The molecule has 0 radical (unpaired) electrons. The van der Waals surface area contributed by atoms with Gasteiger partial charge in [-0.2, -0.15) is 4.57 Å². The summed E-state index contributed by atoms with van der Waals surface area (Å²) >= 11 is 3.34. The van der Waals surface area contributed by atoms with Crippen LogP contribution in [0.25, 0.3) is 0 Å². The van der Waals surface area contributed by atoms with E-state index in [0.717, 1.165) is 4.47 Å². The highest BCUT2D eigenvalue weighted by molar-refractivity contribution is 9.10. The van der Waals surface area contributed by atoms with Crippen LogP contribution in [0, 0.1) is 0 Å². The van der Waals surface area contributed by atoms with Gasteiger partial charge in [0.2, 0.25) is 12.3 Å². The molecule has 0 saturated heterocycles. The second-order valence-electron chi connectivity index (χ2n) is 3.35. The second-order valence-corrected chi connectivity index (χ2v) is 4.26. The lowest BCUT2D eigenvalue weighted by molar-refractivity contribution is -0.683. The maximum absolute atomic E-state index is 11.9. The van der Waals surface area contributed by atoms with Crippen LogP contribution in [0.5, 0.6) is 0 Å². The Morgan fingerprint density at radius 2 is 1.76 bits per heavy atom. The molecule has 0 N–H and O–H groups in total. The number of carbonyl (C=O) groups is 1. The van der Waals surface area contributed by atoms with Crippen molar-refractivity contribution >= 4 is 38.7 Å². The van der Waals surface area contributed by atoms with Gasteiger partial charge in [0, 0.05) is 10.0 Å². The van der Waals surface area contributed by atoms with Crippen LogP contribution < -0.4 is 4.57 Å². The minimum absolute atomic E-state index is 0. The summed E-state index contributed by atoms with van der Waals surface area (Å²) in [6, 6.07) is 7.36. The Kier molecular flexibility index (Phi) is 5.44. The summed E-state index contributed by atoms with van der Waals surface area (Å²) in [5.74, 6) is 0.0868. The molecule has 2 aromatic rings. The van der Waals surface area contributed by atoms with Crippen LogP contribution in [0.1, 0.15) is 10.4 Å². The van der Waals surface area contributed by atoms with Crippen molar-refractivity contribution in [2.75, 3.05) is 0 Å². The van der Waals surface area contributed by atoms with Crippen molar-refractivity contribution in [2.24, 2.45) is 0 Å². The average molecular weight is 359 g/mol. The summed E-state index contributed by atoms with van der Waals surface area (Å²) < 4.78 is 2.78. The zero-order valence-corrected chi connectivity index (χ0v) is 12.2. The van der Waals surface area contributed by atoms with Crippen molar-refractivity contribution in [3.63, 3.8) is 0 Å². The van der Waals surface area contributed by atoms with Gasteiger partial charge in [-0.25, -0.2) is 0 Å². The Balaban J connectivity index is 0.00000144. The summed E-state index contributed by atoms with van der Waals surface area (Å²) in [6.45, 7) is 0.337. The zero-order valence-electron chi connectivity index (χ0n) is 8.91. The number of halogens is 2. The Labute approximate surface area is 118 Å². The van der Waals surface area contributed by atoms with Gasteiger partial charge in [-0.05, 0) is 12.1 Å². The fraction of sp³-hybridized carbons (Fsp3) is 0.0833. The highest BCUT2D eigenvalue weighted by atomic mass is 79.9. The van der Waals surface area contributed by atoms with Gasteiger partial charge >= 0.3 is 0 Å². The quantitative estimate of drug-likeness (QED) is 0.624. The fourth-order valence-corrected chi connectivity index (χ4v) is 1.61. The lowest BCUT2D eigenvalue weighted by atomic mass is 10.1. The molecule has 1 heterocycles. The largest absolute Gasteiger partial charge is 0.287 e. The third-order valence-electron chi connectivity index (χ3n) is 2.18. The van der Waals surface area contributed by atoms with Crippen molar-refractivity contribution in [1.82, 2.24) is 4.98 Å². The van der Waals surface area contributed by atoms with Crippen molar-refractivity contribution < 1.29 is 9.36 Å². The molecule has 0 saturated carbocycles. The van der Waals surface area contributed by atoms with Crippen molar-refractivity contribution in [2.45, 2.75) is 6.54 Å². The molecule has 2 rings (SSSR count). The first kappa shape index (κ1) is 14.0. The molecule has 0 atom stereocenters. The number of ketones is 1. The van der Waals surface area contributed by atoms with E-state index in [1.54, 1.807) is 29.4 Å². The maximum atomic E-state index is 11.9. The SMILES string of the molecule is Br.O=C(C[n+]1ccncc1)c1ccc(Br)cc1. The fourth-order valence-electron chi connectivity index (χ4n) is 1.35. The normalized spacial score (nSPS) is 9.47. The maximum Gasteiger partial charge on any atom is 0.227 e. The summed E-state index contributed by atoms with van der Waals surface area (Å²) in [5, 5.41) is 0. The number of hydrogen-bond acceptors (Lipinski definition) is 2. The van der Waals surface area contributed by atoms with Gasteiger partial charge in [0.15, 0.2) is 12.4 Å². The van der Waals surface area contributed by atoms with Crippen LogP contribution in [-0.4, -0.2) is 10.8 Å². The number of rotatable bonds is 3. The number of carbonyl (C=O) groups excluding carboxylic acids is 1. The highest BCUT2D eigenvalue weighted by Crippen LogP contribution is 2.10. The van der Waals surface area contributed by atoms with E-state index in [1.165, 1.54) is 0 Å². The van der Waals surface area contributed by atoms with Crippen LogP contribution in [-0.2, 0) is 6.54 Å². The summed E-state index contributed by atoms with van der Waals surface area (Å²) in [6.07, 6.45) is 6.87. The van der Waals surface area contributed by atoms with Gasteiger partial charge in [-0.3, -0.25) is 9.78 Å². The monoisotopic (exact) mass is 357 g/mol.